The van der Waals surface area contributed by atoms with Crippen LogP contribution in [0.4, 0.5) is 0 Å². The van der Waals surface area contributed by atoms with E-state index in [1.165, 1.54) is 5.56 Å². The van der Waals surface area contributed by atoms with Gasteiger partial charge in [0, 0.05) is 32.4 Å². The van der Waals surface area contributed by atoms with E-state index in [1.54, 1.807) is 12.1 Å². The van der Waals surface area contributed by atoms with E-state index in [9.17, 15) is 5.11 Å². The smallest absolute Gasteiger partial charge is 0.150 e. The van der Waals surface area contributed by atoms with E-state index in [-0.39, 0.29) is 16.6 Å². The summed E-state index contributed by atoms with van der Waals surface area (Å²) in [5.74, 6) is 0.828. The molecule has 0 fully saturated rings. The second kappa shape index (κ2) is 15.3. The molecule has 0 spiro atoms. The Labute approximate surface area is 374 Å². The Bertz CT molecular complexity index is 3480. The van der Waals surface area contributed by atoms with Gasteiger partial charge in [-0.25, -0.2) is 4.98 Å². The molecule has 1 N–H and O–H groups in total. The molecule has 0 aliphatic rings. The van der Waals surface area contributed by atoms with E-state index in [0.29, 0.717) is 17.0 Å². The number of aromatic hydroxyl groups is 1. The van der Waals surface area contributed by atoms with Crippen LogP contribution >= 0.6 is 0 Å². The molecule has 0 amide bonds. The molecule has 10 rings (SSSR count). The van der Waals surface area contributed by atoms with E-state index >= 15 is 0 Å². The van der Waals surface area contributed by atoms with Gasteiger partial charge >= 0.3 is 0 Å². The maximum absolute atomic E-state index is 12.6. The summed E-state index contributed by atoms with van der Waals surface area (Å²) in [7, 11) is 0. The predicted molar refractivity (Wildman–Crippen MR) is 265 cm³/mol. The third-order valence-corrected chi connectivity index (χ3v) is 12.4. The second-order valence-electron chi connectivity index (χ2n) is 18.7. The molecule has 4 nitrogen and oxygen atoms in total. The summed E-state index contributed by atoms with van der Waals surface area (Å²) < 4.78 is 25.8. The fourth-order valence-electron chi connectivity index (χ4n) is 8.93. The molecular weight excluding hydrogens is 767 g/mol. The van der Waals surface area contributed by atoms with E-state index < -0.39 is 6.85 Å². The van der Waals surface area contributed by atoms with Gasteiger partial charge in [-0.15, -0.1) is 0 Å². The lowest BCUT2D eigenvalue weighted by Gasteiger charge is -2.23. The molecule has 8 aromatic carbocycles. The van der Waals surface area contributed by atoms with Crippen molar-refractivity contribution in [1.82, 2.24) is 14.5 Å². The minimum atomic E-state index is -2.17. The highest BCUT2D eigenvalue weighted by Gasteiger charge is 2.27. The average Bonchev–Trinajstić information content (AvgIpc) is 3.70. The molecule has 2 heterocycles. The molecule has 308 valence electrons. The van der Waals surface area contributed by atoms with Crippen LogP contribution in [0.25, 0.3) is 94.3 Å². The number of benzene rings is 8. The topological polar surface area (TPSA) is 50.9 Å². The minimum Gasteiger partial charge on any atom is -0.507 e. The zero-order valence-corrected chi connectivity index (χ0v) is 36.5. The van der Waals surface area contributed by atoms with Crippen LogP contribution in [0.15, 0.2) is 176 Å². The number of phenols is 1. The highest BCUT2D eigenvalue weighted by molar-refractivity contribution is 6.17. The first-order chi connectivity index (χ1) is 31.5. The Morgan fingerprint density at radius 2 is 1.17 bits per heavy atom. The SMILES string of the molecule is [2H]C([2H])([2H])c1ccc(-c2ccnc(-c3cc(-c4cccc5c4nc(-c4c(O)c6ccccc6c6ccccc46)n5-c4ccc(C(C)(C)C)cc4-c4ccccc4)cc(C(C)(C)C)c3)c2)cc1. The number of para-hydroxylation sites is 1. The van der Waals surface area contributed by atoms with E-state index in [1.807, 2.05) is 54.7 Å². The predicted octanol–water partition coefficient (Wildman–Crippen LogP) is 15.7. The molecule has 0 aliphatic carbocycles. The van der Waals surface area contributed by atoms with Crippen LogP contribution in [0.2, 0.25) is 0 Å². The number of imidazole rings is 1. The summed E-state index contributed by atoms with van der Waals surface area (Å²) in [6.45, 7) is 11.2. The van der Waals surface area contributed by atoms with Crippen molar-refractivity contribution in [1.29, 1.82) is 0 Å². The molecular formula is C59H51N3O. The molecule has 2 aromatic heterocycles. The van der Waals surface area contributed by atoms with Crippen LogP contribution < -0.4 is 0 Å². The van der Waals surface area contributed by atoms with Gasteiger partial charge in [0.1, 0.15) is 11.6 Å². The average molecular weight is 821 g/mol. The van der Waals surface area contributed by atoms with Crippen LogP contribution in [0.1, 0.15) is 62.3 Å². The lowest BCUT2D eigenvalue weighted by atomic mass is 9.83. The van der Waals surface area contributed by atoms with Crippen LogP contribution in [0, 0.1) is 6.85 Å². The lowest BCUT2D eigenvalue weighted by Crippen LogP contribution is -2.12. The molecule has 0 atom stereocenters. The maximum Gasteiger partial charge on any atom is 0.150 e. The molecule has 0 aliphatic heterocycles. The molecule has 63 heavy (non-hydrogen) atoms. The van der Waals surface area contributed by atoms with Crippen molar-refractivity contribution < 1.29 is 9.22 Å². The van der Waals surface area contributed by atoms with Gasteiger partial charge in [-0.05, 0) is 110 Å². The number of aromatic nitrogens is 3. The van der Waals surface area contributed by atoms with Crippen molar-refractivity contribution in [2.75, 3.05) is 0 Å². The van der Waals surface area contributed by atoms with E-state index in [4.69, 9.17) is 14.1 Å². The van der Waals surface area contributed by atoms with Gasteiger partial charge < -0.3 is 5.11 Å². The highest BCUT2D eigenvalue weighted by atomic mass is 16.3. The fourth-order valence-corrected chi connectivity index (χ4v) is 8.93. The standard InChI is InChI=1S/C59H51N3O/c1-37-24-26-38(27-25-37)40-30-31-60-51(35-40)42-32-41(33-44(34-42)59(5,6)7)45-22-15-23-53-55(45)61-57(54-48-20-13-11-18-46(48)47-19-12-14-21-49(47)56(54)63)62(53)52-29-28-43(58(2,3)4)36-50(52)39-16-9-8-10-17-39/h8-36,63H,1-7H3/i1D3. The first-order valence-corrected chi connectivity index (χ1v) is 21.6. The van der Waals surface area contributed by atoms with Crippen LogP contribution in [0.5, 0.6) is 5.75 Å². The number of pyridine rings is 1. The maximum atomic E-state index is 12.6. The molecule has 10 aromatic rings. The quantitative estimate of drug-likeness (QED) is 0.170. The van der Waals surface area contributed by atoms with E-state index in [2.05, 4.69) is 155 Å². The van der Waals surface area contributed by atoms with Crippen molar-refractivity contribution in [3.63, 3.8) is 0 Å². The van der Waals surface area contributed by atoms with Crippen LogP contribution in [-0.4, -0.2) is 19.6 Å². The Morgan fingerprint density at radius 3 is 1.89 bits per heavy atom. The fraction of sp³-hybridized carbons (Fsp3) is 0.153. The number of fused-ring (bicyclic) bond motifs is 4. The third-order valence-electron chi connectivity index (χ3n) is 12.4. The van der Waals surface area contributed by atoms with Crippen molar-refractivity contribution in [3.8, 4) is 67.5 Å². The monoisotopic (exact) mass is 820 g/mol. The van der Waals surface area contributed by atoms with Gasteiger partial charge in [-0.3, -0.25) is 9.55 Å². The summed E-state index contributed by atoms with van der Waals surface area (Å²) in [5.41, 5.74) is 13.4. The number of rotatable bonds is 6. The highest BCUT2D eigenvalue weighted by Crippen LogP contribution is 2.47. The number of phenolic OH excluding ortho intramolecular Hbond substituents is 1. The van der Waals surface area contributed by atoms with Crippen molar-refractivity contribution in [2.45, 2.75) is 59.2 Å². The zero-order chi connectivity index (χ0) is 46.1. The van der Waals surface area contributed by atoms with Crippen LogP contribution in [0.3, 0.4) is 0 Å². The Balaban J connectivity index is 1.26. The molecule has 0 unspecified atom stereocenters. The Morgan fingerprint density at radius 1 is 0.508 bits per heavy atom. The van der Waals surface area contributed by atoms with Gasteiger partial charge in [0.05, 0.1) is 28.0 Å². The number of nitrogens with zero attached hydrogens (tertiary/aromatic N) is 3. The molecule has 0 bridgehead atoms. The summed E-state index contributed by atoms with van der Waals surface area (Å²) in [6, 6.07) is 57.8. The van der Waals surface area contributed by atoms with Gasteiger partial charge in [0.15, 0.2) is 0 Å². The number of hydrogen-bond acceptors (Lipinski definition) is 3. The first kappa shape index (κ1) is 36.4. The minimum absolute atomic E-state index is 0.101. The molecule has 0 saturated carbocycles. The third kappa shape index (κ3) is 7.16. The summed E-state index contributed by atoms with van der Waals surface area (Å²) in [5, 5.41) is 16.3. The van der Waals surface area contributed by atoms with Gasteiger partial charge in [-0.2, -0.15) is 0 Å². The van der Waals surface area contributed by atoms with Crippen molar-refractivity contribution in [2.24, 2.45) is 0 Å². The van der Waals surface area contributed by atoms with E-state index in [0.717, 1.165) is 88.5 Å². The van der Waals surface area contributed by atoms with Crippen molar-refractivity contribution in [3.05, 3.63) is 193 Å². The Kier molecular flexibility index (Phi) is 8.80. The molecule has 4 heteroatoms. The van der Waals surface area contributed by atoms with Gasteiger partial charge in [0.25, 0.3) is 0 Å². The zero-order valence-electron chi connectivity index (χ0n) is 39.5. The second-order valence-corrected chi connectivity index (χ2v) is 18.7. The summed E-state index contributed by atoms with van der Waals surface area (Å²) in [4.78, 5) is 10.6. The first-order valence-electron chi connectivity index (χ1n) is 23.1. The van der Waals surface area contributed by atoms with Gasteiger partial charge in [-0.1, -0.05) is 174 Å². The van der Waals surface area contributed by atoms with Gasteiger partial charge in [0.2, 0.25) is 0 Å². The molecule has 0 saturated heterocycles. The van der Waals surface area contributed by atoms with Crippen LogP contribution in [-0.2, 0) is 10.8 Å². The normalized spacial score (nSPS) is 13.0. The number of aryl methyl sites for hydroxylation is 1. The number of hydrogen-bond donors (Lipinski definition) is 1. The summed E-state index contributed by atoms with van der Waals surface area (Å²) in [6.07, 6.45) is 1.82. The van der Waals surface area contributed by atoms with Crippen molar-refractivity contribution >= 4 is 32.6 Å². The lowest BCUT2D eigenvalue weighted by molar-refractivity contribution is 0.483. The molecule has 0 radical (unpaired) electrons. The Hall–Kier alpha value is -7.30. The largest absolute Gasteiger partial charge is 0.507 e. The summed E-state index contributed by atoms with van der Waals surface area (Å²) >= 11 is 0.